The average Bonchev–Trinajstić information content (AvgIpc) is 2.06. The van der Waals surface area contributed by atoms with Crippen molar-refractivity contribution in [3.63, 3.8) is 0 Å². The van der Waals surface area contributed by atoms with Crippen molar-refractivity contribution in [3.8, 4) is 0 Å². The van der Waals surface area contributed by atoms with Gasteiger partial charge in [-0.1, -0.05) is 0 Å². The van der Waals surface area contributed by atoms with Crippen LogP contribution in [-0.2, 0) is 16.0 Å². The maximum atomic E-state index is 11.0. The summed E-state index contributed by atoms with van der Waals surface area (Å²) in [6.45, 7) is 0.123. The fraction of sp³-hybridized carbons (Fsp3) is 0.375. The summed E-state index contributed by atoms with van der Waals surface area (Å²) in [6, 6.07) is 1.71. The quantitative estimate of drug-likeness (QED) is 0.642. The third-order valence-electron chi connectivity index (χ3n) is 1.28. The lowest BCUT2D eigenvalue weighted by atomic mass is 10.3. The van der Waals surface area contributed by atoms with E-state index in [1.165, 1.54) is 7.11 Å². The second kappa shape index (κ2) is 4.56. The molecule has 4 heteroatoms. The van der Waals surface area contributed by atoms with Crippen molar-refractivity contribution in [2.24, 2.45) is 0 Å². The van der Waals surface area contributed by atoms with Gasteiger partial charge in [0, 0.05) is 19.5 Å². The summed E-state index contributed by atoms with van der Waals surface area (Å²) in [5.74, 6) is 0.531. The Bertz CT molecular complexity index is 248. The molecule has 0 aliphatic rings. The molecule has 1 heterocycles. The predicted octanol–water partition coefficient (Wildman–Crippen LogP) is 0.235. The molecule has 64 valence electrons. The van der Waals surface area contributed by atoms with Crippen LogP contribution in [0, 0.1) is 0 Å². The normalized spacial score (nSPS) is 9.75. The third-order valence-corrected chi connectivity index (χ3v) is 1.28. The Morgan fingerprint density at radius 3 is 2.75 bits per heavy atom. The number of carbonyl (C=O) groups excluding carboxylic acids is 1. The zero-order chi connectivity index (χ0) is 8.81. The Morgan fingerprint density at radius 2 is 2.17 bits per heavy atom. The first-order chi connectivity index (χ1) is 5.83. The van der Waals surface area contributed by atoms with Gasteiger partial charge in [0.15, 0.2) is 5.78 Å². The highest BCUT2D eigenvalue weighted by molar-refractivity contribution is 5.81. The smallest absolute Gasteiger partial charge is 0.166 e. The van der Waals surface area contributed by atoms with Crippen molar-refractivity contribution in [1.29, 1.82) is 0 Å². The number of hydrogen-bond acceptors (Lipinski definition) is 4. The van der Waals surface area contributed by atoms with E-state index < -0.39 is 0 Å². The van der Waals surface area contributed by atoms with Crippen LogP contribution in [0.2, 0.25) is 0 Å². The second-order valence-electron chi connectivity index (χ2n) is 2.31. The molecule has 1 aromatic rings. The molecule has 0 saturated carbocycles. The van der Waals surface area contributed by atoms with Crippen LogP contribution in [0.5, 0.6) is 0 Å². The van der Waals surface area contributed by atoms with Crippen molar-refractivity contribution >= 4 is 5.78 Å². The molecule has 0 radical (unpaired) electrons. The van der Waals surface area contributed by atoms with Crippen LogP contribution < -0.4 is 0 Å². The van der Waals surface area contributed by atoms with E-state index in [0.29, 0.717) is 5.82 Å². The van der Waals surface area contributed by atoms with Crippen LogP contribution >= 0.6 is 0 Å². The molecule has 0 aliphatic carbocycles. The number of carbonyl (C=O) groups is 1. The molecule has 0 amide bonds. The van der Waals surface area contributed by atoms with Crippen molar-refractivity contribution < 1.29 is 9.53 Å². The highest BCUT2D eigenvalue weighted by Gasteiger charge is 2.03. The first-order valence-corrected chi connectivity index (χ1v) is 3.59. The van der Waals surface area contributed by atoms with Crippen LogP contribution in [0.15, 0.2) is 18.5 Å². The van der Waals surface area contributed by atoms with E-state index in [0.717, 1.165) is 0 Å². The molecule has 0 spiro atoms. The molecule has 0 saturated heterocycles. The maximum absolute atomic E-state index is 11.0. The largest absolute Gasteiger partial charge is 0.377 e. The fourth-order valence-electron chi connectivity index (χ4n) is 0.810. The lowest BCUT2D eigenvalue weighted by Crippen LogP contribution is -2.11. The summed E-state index contributed by atoms with van der Waals surface area (Å²) in [6.07, 6.45) is 3.47. The highest BCUT2D eigenvalue weighted by atomic mass is 16.5. The van der Waals surface area contributed by atoms with E-state index in [9.17, 15) is 4.79 Å². The predicted molar refractivity (Wildman–Crippen MR) is 42.6 cm³/mol. The van der Waals surface area contributed by atoms with E-state index in [1.54, 1.807) is 18.5 Å². The summed E-state index contributed by atoms with van der Waals surface area (Å²) >= 11 is 0. The number of hydrogen-bond donors (Lipinski definition) is 0. The molecule has 0 N–H and O–H groups in total. The van der Waals surface area contributed by atoms with Gasteiger partial charge < -0.3 is 4.74 Å². The van der Waals surface area contributed by atoms with Crippen LogP contribution in [-0.4, -0.2) is 29.5 Å². The second-order valence-corrected chi connectivity index (χ2v) is 2.31. The Balaban J connectivity index is 2.47. The van der Waals surface area contributed by atoms with Gasteiger partial charge in [-0.3, -0.25) is 4.79 Å². The number of aromatic nitrogens is 2. The van der Waals surface area contributed by atoms with Gasteiger partial charge in [-0.2, -0.15) is 0 Å². The van der Waals surface area contributed by atoms with E-state index in [-0.39, 0.29) is 18.8 Å². The van der Waals surface area contributed by atoms with Crippen molar-refractivity contribution in [1.82, 2.24) is 9.97 Å². The molecule has 0 aromatic carbocycles. The number of methoxy groups -OCH3 is 1. The summed E-state index contributed by atoms with van der Waals surface area (Å²) < 4.78 is 4.67. The minimum atomic E-state index is -0.0105. The van der Waals surface area contributed by atoms with Crippen molar-refractivity contribution in [2.45, 2.75) is 6.42 Å². The van der Waals surface area contributed by atoms with Crippen LogP contribution in [0.25, 0.3) is 0 Å². The van der Waals surface area contributed by atoms with Gasteiger partial charge in [-0.15, -0.1) is 0 Å². The standard InChI is InChI=1S/C8H10N2O2/c1-12-6-7(11)5-8-9-3-2-4-10-8/h2-4H,5-6H2,1H3. The molecule has 4 nitrogen and oxygen atoms in total. The SMILES string of the molecule is COCC(=O)Cc1ncccn1. The molecule has 0 bridgehead atoms. The van der Waals surface area contributed by atoms with E-state index in [1.807, 2.05) is 0 Å². The molecule has 1 aromatic heterocycles. The first-order valence-electron chi connectivity index (χ1n) is 3.59. The summed E-state index contributed by atoms with van der Waals surface area (Å²) in [7, 11) is 1.49. The molecule has 0 aliphatic heterocycles. The van der Waals surface area contributed by atoms with Gasteiger partial charge in [0.05, 0.1) is 6.42 Å². The molecule has 0 unspecified atom stereocenters. The zero-order valence-corrected chi connectivity index (χ0v) is 6.86. The summed E-state index contributed by atoms with van der Waals surface area (Å²) in [4.78, 5) is 18.8. The van der Waals surface area contributed by atoms with Crippen molar-refractivity contribution in [2.75, 3.05) is 13.7 Å². The van der Waals surface area contributed by atoms with Crippen LogP contribution in [0.3, 0.4) is 0 Å². The Morgan fingerprint density at radius 1 is 1.50 bits per heavy atom. The van der Waals surface area contributed by atoms with E-state index in [2.05, 4.69) is 14.7 Å². The van der Waals surface area contributed by atoms with Gasteiger partial charge in [-0.05, 0) is 6.07 Å². The van der Waals surface area contributed by atoms with Gasteiger partial charge in [0.1, 0.15) is 12.4 Å². The first kappa shape index (κ1) is 8.80. The minimum Gasteiger partial charge on any atom is -0.377 e. The Kier molecular flexibility index (Phi) is 3.35. The number of nitrogens with zero attached hydrogens (tertiary/aromatic N) is 2. The molecule has 0 fully saturated rings. The molecule has 0 atom stereocenters. The monoisotopic (exact) mass is 166 g/mol. The molecule has 12 heavy (non-hydrogen) atoms. The number of ether oxygens (including phenoxy) is 1. The molecular weight excluding hydrogens is 156 g/mol. The maximum Gasteiger partial charge on any atom is 0.166 e. The van der Waals surface area contributed by atoms with Gasteiger partial charge in [-0.25, -0.2) is 9.97 Å². The highest BCUT2D eigenvalue weighted by Crippen LogP contribution is 1.90. The fourth-order valence-corrected chi connectivity index (χ4v) is 0.810. The number of Topliss-reactive ketones (excluding diaryl/α,β-unsaturated/α-hetero) is 1. The average molecular weight is 166 g/mol. The molecular formula is C8H10N2O2. The van der Waals surface area contributed by atoms with Crippen molar-refractivity contribution in [3.05, 3.63) is 24.3 Å². The van der Waals surface area contributed by atoms with Gasteiger partial charge in [0.2, 0.25) is 0 Å². The van der Waals surface area contributed by atoms with Gasteiger partial charge in [0.25, 0.3) is 0 Å². The van der Waals surface area contributed by atoms with Crippen LogP contribution in [0.4, 0.5) is 0 Å². The van der Waals surface area contributed by atoms with E-state index in [4.69, 9.17) is 0 Å². The molecule has 1 rings (SSSR count). The van der Waals surface area contributed by atoms with E-state index >= 15 is 0 Å². The summed E-state index contributed by atoms with van der Waals surface area (Å²) in [5, 5.41) is 0. The minimum absolute atomic E-state index is 0.0105. The Hall–Kier alpha value is -1.29. The number of rotatable bonds is 4. The van der Waals surface area contributed by atoms with Gasteiger partial charge >= 0.3 is 0 Å². The topological polar surface area (TPSA) is 52.1 Å². The lowest BCUT2D eigenvalue weighted by molar-refractivity contribution is -0.122. The summed E-state index contributed by atoms with van der Waals surface area (Å²) in [5.41, 5.74) is 0. The zero-order valence-electron chi connectivity index (χ0n) is 6.86. The lowest BCUT2D eigenvalue weighted by Gasteiger charge is -1.96. The van der Waals surface area contributed by atoms with Crippen LogP contribution in [0.1, 0.15) is 5.82 Å². The third kappa shape index (κ3) is 2.75. The number of ketones is 1. The Labute approximate surface area is 70.6 Å².